The van der Waals surface area contributed by atoms with Gasteiger partial charge in [0.2, 0.25) is 12.7 Å². The van der Waals surface area contributed by atoms with Crippen molar-refractivity contribution in [1.29, 1.82) is 0 Å². The Balaban J connectivity index is 1.41. The number of amides is 2. The predicted octanol–water partition coefficient (Wildman–Crippen LogP) is 4.37. The van der Waals surface area contributed by atoms with Crippen LogP contribution < -0.4 is 20.1 Å². The van der Waals surface area contributed by atoms with Gasteiger partial charge in [-0.3, -0.25) is 9.59 Å². The van der Waals surface area contributed by atoms with E-state index in [2.05, 4.69) is 24.5 Å². The minimum atomic E-state index is -0.437. The number of hydrogen-bond acceptors (Lipinski definition) is 4. The monoisotopic (exact) mass is 444 g/mol. The Hall–Kier alpha value is -3.80. The minimum absolute atomic E-state index is 0.133. The van der Waals surface area contributed by atoms with E-state index in [0.29, 0.717) is 12.1 Å². The maximum atomic E-state index is 12.9. The molecule has 0 saturated carbocycles. The van der Waals surface area contributed by atoms with E-state index in [1.807, 2.05) is 66.7 Å². The summed E-state index contributed by atoms with van der Waals surface area (Å²) >= 11 is 0. The van der Waals surface area contributed by atoms with Crippen LogP contribution >= 0.6 is 0 Å². The third-order valence-corrected chi connectivity index (χ3v) is 5.81. The van der Waals surface area contributed by atoms with E-state index in [1.165, 1.54) is 0 Å². The average Bonchev–Trinajstić information content (AvgIpc) is 3.31. The molecule has 0 unspecified atom stereocenters. The third kappa shape index (κ3) is 5.52. The van der Waals surface area contributed by atoms with Crippen LogP contribution in [0.25, 0.3) is 0 Å². The topological polar surface area (TPSA) is 76.7 Å². The van der Waals surface area contributed by atoms with Crippen molar-refractivity contribution in [2.75, 3.05) is 13.3 Å². The quantitative estimate of drug-likeness (QED) is 0.541. The zero-order valence-electron chi connectivity index (χ0n) is 18.8. The SMILES string of the molecule is CC(C)(CNC(=O)C[C@H](NC(=O)c1ccccc1)c1ccccc1)c1ccc2c(c1)OCO2. The Kier molecular flexibility index (Phi) is 6.63. The second kappa shape index (κ2) is 9.77. The number of nitrogens with one attached hydrogen (secondary N) is 2. The first kappa shape index (κ1) is 22.4. The summed E-state index contributed by atoms with van der Waals surface area (Å²) in [5.74, 6) is 1.11. The third-order valence-electron chi connectivity index (χ3n) is 5.81. The minimum Gasteiger partial charge on any atom is -0.454 e. The van der Waals surface area contributed by atoms with Crippen LogP contribution in [0.1, 0.15) is 47.8 Å². The molecule has 1 aliphatic rings. The number of carbonyl (C=O) groups is 2. The predicted molar refractivity (Wildman–Crippen MR) is 126 cm³/mol. The van der Waals surface area contributed by atoms with Crippen molar-refractivity contribution in [3.8, 4) is 11.5 Å². The molecule has 3 aromatic carbocycles. The van der Waals surface area contributed by atoms with E-state index in [1.54, 1.807) is 12.1 Å². The molecule has 2 N–H and O–H groups in total. The maximum Gasteiger partial charge on any atom is 0.251 e. The highest BCUT2D eigenvalue weighted by molar-refractivity contribution is 5.94. The van der Waals surface area contributed by atoms with Gasteiger partial charge in [0.1, 0.15) is 0 Å². The lowest BCUT2D eigenvalue weighted by molar-refractivity contribution is -0.121. The lowest BCUT2D eigenvalue weighted by atomic mass is 9.84. The molecule has 33 heavy (non-hydrogen) atoms. The second-order valence-corrected chi connectivity index (χ2v) is 8.74. The van der Waals surface area contributed by atoms with Gasteiger partial charge in [-0.05, 0) is 35.4 Å². The summed E-state index contributed by atoms with van der Waals surface area (Å²) in [6, 6.07) is 24.0. The summed E-state index contributed by atoms with van der Waals surface area (Å²) in [5, 5.41) is 6.05. The van der Waals surface area contributed by atoms with E-state index in [-0.39, 0.29) is 30.4 Å². The van der Waals surface area contributed by atoms with Crippen LogP contribution in [0.4, 0.5) is 0 Å². The van der Waals surface area contributed by atoms with Gasteiger partial charge in [-0.25, -0.2) is 0 Å². The summed E-state index contributed by atoms with van der Waals surface area (Å²) in [4.78, 5) is 25.6. The van der Waals surface area contributed by atoms with Gasteiger partial charge in [-0.2, -0.15) is 0 Å². The first-order valence-electron chi connectivity index (χ1n) is 11.0. The number of carbonyl (C=O) groups excluding carboxylic acids is 2. The molecule has 1 atom stereocenters. The summed E-state index contributed by atoms with van der Waals surface area (Å²) in [5.41, 5.74) is 2.17. The number of rotatable bonds is 8. The van der Waals surface area contributed by atoms with Gasteiger partial charge in [0, 0.05) is 17.5 Å². The molecule has 0 saturated heterocycles. The van der Waals surface area contributed by atoms with Crippen molar-refractivity contribution in [2.45, 2.75) is 31.7 Å². The highest BCUT2D eigenvalue weighted by Gasteiger charge is 2.26. The fraction of sp³-hybridized carbons (Fsp3) is 0.259. The lowest BCUT2D eigenvalue weighted by Gasteiger charge is -2.27. The Morgan fingerprint density at radius 3 is 2.30 bits per heavy atom. The van der Waals surface area contributed by atoms with Gasteiger partial charge in [-0.15, -0.1) is 0 Å². The van der Waals surface area contributed by atoms with Crippen LogP contribution in [-0.2, 0) is 10.2 Å². The van der Waals surface area contributed by atoms with Crippen LogP contribution in [0, 0.1) is 0 Å². The molecule has 6 heteroatoms. The van der Waals surface area contributed by atoms with Crippen LogP contribution in [0.3, 0.4) is 0 Å². The largest absolute Gasteiger partial charge is 0.454 e. The molecule has 0 aromatic heterocycles. The Bertz CT molecular complexity index is 1110. The summed E-state index contributed by atoms with van der Waals surface area (Å²) in [7, 11) is 0. The van der Waals surface area contributed by atoms with E-state index in [9.17, 15) is 9.59 Å². The van der Waals surface area contributed by atoms with E-state index < -0.39 is 6.04 Å². The first-order valence-corrected chi connectivity index (χ1v) is 11.0. The number of fused-ring (bicyclic) bond motifs is 1. The normalized spacial score (nSPS) is 13.3. The molecule has 2 amide bonds. The molecule has 0 fully saturated rings. The van der Waals surface area contributed by atoms with Crippen molar-refractivity contribution >= 4 is 11.8 Å². The van der Waals surface area contributed by atoms with Crippen LogP contribution in [-0.4, -0.2) is 25.2 Å². The molecule has 3 aromatic rings. The highest BCUT2D eigenvalue weighted by atomic mass is 16.7. The molecule has 1 heterocycles. The number of benzene rings is 3. The summed E-state index contributed by atoms with van der Waals surface area (Å²) in [6.45, 7) is 4.80. The van der Waals surface area contributed by atoms with Gasteiger partial charge in [0.25, 0.3) is 5.91 Å². The van der Waals surface area contributed by atoms with Gasteiger partial charge in [0.05, 0.1) is 12.5 Å². The molecular formula is C27H28N2O4. The van der Waals surface area contributed by atoms with Crippen LogP contribution in [0.5, 0.6) is 11.5 Å². The van der Waals surface area contributed by atoms with Crippen molar-refractivity contribution in [3.63, 3.8) is 0 Å². The molecule has 0 aliphatic carbocycles. The van der Waals surface area contributed by atoms with Crippen molar-refractivity contribution < 1.29 is 19.1 Å². The zero-order chi connectivity index (χ0) is 23.3. The smallest absolute Gasteiger partial charge is 0.251 e. The van der Waals surface area contributed by atoms with E-state index in [4.69, 9.17) is 9.47 Å². The number of ether oxygens (including phenoxy) is 2. The standard InChI is InChI=1S/C27H28N2O4/c1-27(2,21-13-14-23-24(15-21)33-18-32-23)17-28-25(30)16-22(19-9-5-3-6-10-19)29-26(31)20-11-7-4-8-12-20/h3-15,22H,16-18H2,1-2H3,(H,28,30)(H,29,31)/t22-/m0/s1. The molecule has 0 bridgehead atoms. The highest BCUT2D eigenvalue weighted by Crippen LogP contribution is 2.36. The molecule has 0 radical (unpaired) electrons. The van der Waals surface area contributed by atoms with Gasteiger partial charge >= 0.3 is 0 Å². The summed E-state index contributed by atoms with van der Waals surface area (Å²) in [6.07, 6.45) is 0.139. The zero-order valence-corrected chi connectivity index (χ0v) is 18.8. The average molecular weight is 445 g/mol. The van der Waals surface area contributed by atoms with E-state index >= 15 is 0 Å². The van der Waals surface area contributed by atoms with E-state index in [0.717, 1.165) is 22.6 Å². The van der Waals surface area contributed by atoms with Gasteiger partial charge in [-0.1, -0.05) is 68.4 Å². The molecule has 0 spiro atoms. The Morgan fingerprint density at radius 1 is 0.909 bits per heavy atom. The van der Waals surface area contributed by atoms with Gasteiger partial charge < -0.3 is 20.1 Å². The summed E-state index contributed by atoms with van der Waals surface area (Å²) < 4.78 is 10.9. The molecule has 4 rings (SSSR count). The van der Waals surface area contributed by atoms with Crippen molar-refractivity contribution in [1.82, 2.24) is 10.6 Å². The first-order chi connectivity index (χ1) is 15.9. The fourth-order valence-electron chi connectivity index (χ4n) is 3.77. The second-order valence-electron chi connectivity index (χ2n) is 8.74. The lowest BCUT2D eigenvalue weighted by Crippen LogP contribution is -2.39. The molecule has 6 nitrogen and oxygen atoms in total. The molecule has 1 aliphatic heterocycles. The van der Waals surface area contributed by atoms with Crippen LogP contribution in [0.15, 0.2) is 78.9 Å². The Morgan fingerprint density at radius 2 is 1.58 bits per heavy atom. The van der Waals surface area contributed by atoms with Crippen LogP contribution in [0.2, 0.25) is 0 Å². The van der Waals surface area contributed by atoms with Crippen molar-refractivity contribution in [3.05, 3.63) is 95.6 Å². The fourth-order valence-corrected chi connectivity index (χ4v) is 3.77. The number of hydrogen-bond donors (Lipinski definition) is 2. The Labute approximate surface area is 193 Å². The maximum absolute atomic E-state index is 12.9. The molecule has 170 valence electrons. The van der Waals surface area contributed by atoms with Gasteiger partial charge in [0.15, 0.2) is 11.5 Å². The molecular weight excluding hydrogens is 416 g/mol. The van der Waals surface area contributed by atoms with Crippen molar-refractivity contribution in [2.24, 2.45) is 0 Å².